The minimum absolute atomic E-state index is 0.0826. The molecule has 0 unspecified atom stereocenters. The van der Waals surface area contributed by atoms with Gasteiger partial charge in [0.05, 0.1) is 13.2 Å². The number of urea groups is 1. The monoisotopic (exact) mass is 353 g/mol. The third kappa shape index (κ3) is 3.96. The van der Waals surface area contributed by atoms with Crippen LogP contribution >= 0.6 is 22.9 Å². The number of morpholine rings is 1. The second-order valence-electron chi connectivity index (χ2n) is 4.71. The molecule has 6 heteroatoms. The summed E-state index contributed by atoms with van der Waals surface area (Å²) in [5, 5.41) is 3.13. The number of nitrogens with one attached hydrogen (secondary N) is 2. The Hall–Kier alpha value is -0.0800. The van der Waals surface area contributed by atoms with E-state index in [9.17, 15) is 4.79 Å². The first-order chi connectivity index (χ1) is 8.29. The standard InChI is InChI=1S/C11H20IN3O2/c12-14-10-3-1-9(2-4-10)13-11(16)15-5-7-17-8-6-15/h9-10,14H,1-8H2,(H,13,16). The van der Waals surface area contributed by atoms with Crippen LogP contribution in [0.25, 0.3) is 0 Å². The molecular formula is C11H20IN3O2. The number of carbonyl (C=O) groups excluding carboxylic acids is 1. The fraction of sp³-hybridized carbons (Fsp3) is 0.909. The molecule has 5 nitrogen and oxygen atoms in total. The van der Waals surface area contributed by atoms with E-state index in [0.717, 1.165) is 38.8 Å². The third-order valence-electron chi connectivity index (χ3n) is 3.51. The van der Waals surface area contributed by atoms with Crippen molar-refractivity contribution in [2.24, 2.45) is 0 Å². The number of rotatable bonds is 2. The Bertz CT molecular complexity index is 251. The summed E-state index contributed by atoms with van der Waals surface area (Å²) in [4.78, 5) is 13.8. The van der Waals surface area contributed by atoms with E-state index in [-0.39, 0.29) is 6.03 Å². The lowest BCUT2D eigenvalue weighted by Crippen LogP contribution is -2.50. The van der Waals surface area contributed by atoms with Crippen molar-refractivity contribution in [1.82, 2.24) is 13.7 Å². The third-order valence-corrected chi connectivity index (χ3v) is 4.39. The Labute approximate surface area is 116 Å². The maximum absolute atomic E-state index is 12.0. The maximum atomic E-state index is 12.0. The zero-order valence-electron chi connectivity index (χ0n) is 9.95. The molecule has 2 N–H and O–H groups in total. The predicted molar refractivity (Wildman–Crippen MR) is 74.1 cm³/mol. The highest BCUT2D eigenvalue weighted by atomic mass is 127. The zero-order chi connectivity index (χ0) is 12.1. The van der Waals surface area contributed by atoms with Gasteiger partial charge >= 0.3 is 6.03 Å². The van der Waals surface area contributed by atoms with Gasteiger partial charge < -0.3 is 15.0 Å². The highest BCUT2D eigenvalue weighted by Gasteiger charge is 2.24. The molecule has 1 saturated carbocycles. The van der Waals surface area contributed by atoms with Crippen LogP contribution in [0, 0.1) is 0 Å². The maximum Gasteiger partial charge on any atom is 0.317 e. The molecule has 1 aliphatic heterocycles. The number of ether oxygens (including phenoxy) is 1. The van der Waals surface area contributed by atoms with E-state index in [1.54, 1.807) is 0 Å². The van der Waals surface area contributed by atoms with Crippen LogP contribution in [-0.4, -0.2) is 49.3 Å². The Kier molecular flexibility index (Phi) is 5.30. The Morgan fingerprint density at radius 3 is 2.29 bits per heavy atom. The summed E-state index contributed by atoms with van der Waals surface area (Å²) in [7, 11) is 0. The molecule has 2 amide bonds. The number of amides is 2. The summed E-state index contributed by atoms with van der Waals surface area (Å²) in [6.45, 7) is 2.77. The molecule has 0 spiro atoms. The van der Waals surface area contributed by atoms with Gasteiger partial charge in [0.2, 0.25) is 0 Å². The summed E-state index contributed by atoms with van der Waals surface area (Å²) in [6, 6.07) is 1.05. The first-order valence-electron chi connectivity index (χ1n) is 6.29. The SMILES string of the molecule is O=C(NC1CCC(NI)CC1)N1CCOCC1. The molecule has 1 heterocycles. The van der Waals surface area contributed by atoms with Crippen LogP contribution in [0.15, 0.2) is 0 Å². The van der Waals surface area contributed by atoms with Crippen molar-refractivity contribution in [3.8, 4) is 0 Å². The lowest BCUT2D eigenvalue weighted by Gasteiger charge is -2.32. The van der Waals surface area contributed by atoms with Gasteiger partial charge in [-0.25, -0.2) is 4.79 Å². The summed E-state index contributed by atoms with van der Waals surface area (Å²) in [5.74, 6) is 0. The molecule has 0 radical (unpaired) electrons. The smallest absolute Gasteiger partial charge is 0.317 e. The Balaban J connectivity index is 1.71. The molecule has 2 aliphatic rings. The summed E-state index contributed by atoms with van der Waals surface area (Å²) < 4.78 is 8.51. The van der Waals surface area contributed by atoms with Gasteiger partial charge in [0.25, 0.3) is 0 Å². The topological polar surface area (TPSA) is 53.6 Å². The molecular weight excluding hydrogens is 333 g/mol. The average molecular weight is 353 g/mol. The molecule has 0 aromatic carbocycles. The number of carbonyl (C=O) groups is 1. The quantitative estimate of drug-likeness (QED) is 0.581. The van der Waals surface area contributed by atoms with Crippen LogP contribution in [0.4, 0.5) is 4.79 Å². The number of halogens is 1. The second-order valence-corrected chi connectivity index (χ2v) is 5.33. The molecule has 0 atom stereocenters. The van der Waals surface area contributed by atoms with Gasteiger partial charge in [0.1, 0.15) is 0 Å². The normalized spacial score (nSPS) is 30.1. The molecule has 98 valence electrons. The zero-order valence-corrected chi connectivity index (χ0v) is 12.1. The molecule has 1 aliphatic carbocycles. The van der Waals surface area contributed by atoms with Gasteiger partial charge in [-0.3, -0.25) is 3.53 Å². The highest BCUT2D eigenvalue weighted by Crippen LogP contribution is 2.19. The molecule has 17 heavy (non-hydrogen) atoms. The minimum atomic E-state index is 0.0826. The van der Waals surface area contributed by atoms with Crippen molar-refractivity contribution in [2.45, 2.75) is 37.8 Å². The van der Waals surface area contributed by atoms with Crippen LogP contribution in [0.2, 0.25) is 0 Å². The highest BCUT2D eigenvalue weighted by molar-refractivity contribution is 14.1. The van der Waals surface area contributed by atoms with Crippen LogP contribution in [-0.2, 0) is 4.74 Å². The van der Waals surface area contributed by atoms with Crippen molar-refractivity contribution in [1.29, 1.82) is 0 Å². The van der Waals surface area contributed by atoms with Gasteiger partial charge in [-0.15, -0.1) is 0 Å². The number of nitrogens with zero attached hydrogens (tertiary/aromatic N) is 1. The van der Waals surface area contributed by atoms with Gasteiger partial charge in [-0.05, 0) is 25.7 Å². The van der Waals surface area contributed by atoms with Gasteiger partial charge in [0.15, 0.2) is 0 Å². The van der Waals surface area contributed by atoms with Crippen LogP contribution in [0.1, 0.15) is 25.7 Å². The number of hydrogen-bond acceptors (Lipinski definition) is 3. The molecule has 0 aromatic heterocycles. The predicted octanol–water partition coefficient (Wildman–Crippen LogP) is 1.28. The summed E-state index contributed by atoms with van der Waals surface area (Å²) >= 11 is 2.21. The van der Waals surface area contributed by atoms with E-state index in [0.29, 0.717) is 25.3 Å². The van der Waals surface area contributed by atoms with E-state index >= 15 is 0 Å². The van der Waals surface area contributed by atoms with Gasteiger partial charge in [-0.1, -0.05) is 0 Å². The van der Waals surface area contributed by atoms with Gasteiger partial charge in [-0.2, -0.15) is 0 Å². The summed E-state index contributed by atoms with van der Waals surface area (Å²) in [5.41, 5.74) is 0. The fourth-order valence-electron chi connectivity index (χ4n) is 2.38. The molecule has 2 fully saturated rings. The van der Waals surface area contributed by atoms with Crippen molar-refractivity contribution in [3.05, 3.63) is 0 Å². The molecule has 2 rings (SSSR count). The van der Waals surface area contributed by atoms with Crippen molar-refractivity contribution in [3.63, 3.8) is 0 Å². The molecule has 1 saturated heterocycles. The summed E-state index contributed by atoms with van der Waals surface area (Å²) in [6.07, 6.45) is 4.46. The van der Waals surface area contributed by atoms with E-state index in [4.69, 9.17) is 4.74 Å². The van der Waals surface area contributed by atoms with E-state index < -0.39 is 0 Å². The van der Waals surface area contributed by atoms with E-state index in [1.807, 2.05) is 4.90 Å². The second kappa shape index (κ2) is 6.75. The average Bonchev–Trinajstić information content (AvgIpc) is 2.40. The lowest BCUT2D eigenvalue weighted by atomic mass is 9.92. The van der Waals surface area contributed by atoms with E-state index in [1.165, 1.54) is 0 Å². The Morgan fingerprint density at radius 1 is 1.12 bits per heavy atom. The van der Waals surface area contributed by atoms with Crippen molar-refractivity contribution in [2.75, 3.05) is 26.3 Å². The first kappa shape index (κ1) is 13.4. The molecule has 0 bridgehead atoms. The van der Waals surface area contributed by atoms with Crippen LogP contribution < -0.4 is 8.85 Å². The Morgan fingerprint density at radius 2 is 1.71 bits per heavy atom. The van der Waals surface area contributed by atoms with Gasteiger partial charge in [0, 0.05) is 48.0 Å². The van der Waals surface area contributed by atoms with Crippen LogP contribution in [0.5, 0.6) is 0 Å². The molecule has 0 aromatic rings. The van der Waals surface area contributed by atoms with Crippen molar-refractivity contribution >= 4 is 28.9 Å². The minimum Gasteiger partial charge on any atom is -0.378 e. The van der Waals surface area contributed by atoms with Crippen molar-refractivity contribution < 1.29 is 9.53 Å². The fourth-order valence-corrected chi connectivity index (χ4v) is 3.00. The first-order valence-corrected chi connectivity index (χ1v) is 7.37. The largest absolute Gasteiger partial charge is 0.378 e. The number of hydrogen-bond donors (Lipinski definition) is 2. The van der Waals surface area contributed by atoms with Crippen LogP contribution in [0.3, 0.4) is 0 Å². The lowest BCUT2D eigenvalue weighted by molar-refractivity contribution is 0.0521. The van der Waals surface area contributed by atoms with E-state index in [2.05, 4.69) is 31.7 Å².